The van der Waals surface area contributed by atoms with Gasteiger partial charge < -0.3 is 4.74 Å². The molecule has 0 aliphatic carbocycles. The zero-order valence-corrected chi connectivity index (χ0v) is 15.9. The predicted molar refractivity (Wildman–Crippen MR) is 103 cm³/mol. The van der Waals surface area contributed by atoms with Crippen LogP contribution in [-0.4, -0.2) is 36.7 Å². The van der Waals surface area contributed by atoms with Crippen molar-refractivity contribution in [3.63, 3.8) is 0 Å². The number of anilines is 1. The maximum atomic E-state index is 12.3. The Morgan fingerprint density at radius 3 is 2.71 bits per heavy atom. The van der Waals surface area contributed by atoms with Crippen LogP contribution in [-0.2, 0) is 4.74 Å². The van der Waals surface area contributed by atoms with Gasteiger partial charge in [0.25, 0.3) is 0 Å². The van der Waals surface area contributed by atoms with Crippen molar-refractivity contribution < 1.29 is 9.53 Å². The normalized spacial score (nSPS) is 25.1. The van der Waals surface area contributed by atoms with Gasteiger partial charge in [-0.15, -0.1) is 35.1 Å². The summed E-state index contributed by atoms with van der Waals surface area (Å²) in [7, 11) is 0. The maximum Gasteiger partial charge on any atom is 0.411 e. The van der Waals surface area contributed by atoms with E-state index in [9.17, 15) is 4.79 Å². The number of rotatable bonds is 3. The van der Waals surface area contributed by atoms with E-state index in [0.717, 1.165) is 43.0 Å². The Morgan fingerprint density at radius 2 is 2.08 bits per heavy atom. The zero-order chi connectivity index (χ0) is 15.8. The summed E-state index contributed by atoms with van der Waals surface area (Å²) in [6.07, 6.45) is 2.02. The first-order valence-electron chi connectivity index (χ1n) is 8.03. The molecule has 5 rings (SSSR count). The van der Waals surface area contributed by atoms with Crippen LogP contribution in [0.2, 0.25) is 0 Å². The largest absolute Gasteiger partial charge is 0.444 e. The third-order valence-corrected chi connectivity index (χ3v) is 6.82. The van der Waals surface area contributed by atoms with Crippen molar-refractivity contribution in [2.24, 2.45) is 5.92 Å². The Hall–Kier alpha value is -1.08. The molecule has 1 atom stereocenters. The molecule has 2 bridgehead atoms. The second-order valence-corrected chi connectivity index (χ2v) is 8.48. The quantitative estimate of drug-likeness (QED) is 0.822. The highest BCUT2D eigenvalue weighted by molar-refractivity contribution is 7.21. The van der Waals surface area contributed by atoms with Crippen LogP contribution < -0.4 is 5.32 Å². The van der Waals surface area contributed by atoms with Crippen molar-refractivity contribution in [2.45, 2.75) is 25.9 Å². The van der Waals surface area contributed by atoms with Gasteiger partial charge in [-0.3, -0.25) is 10.2 Å². The number of hydrogen-bond acceptors (Lipinski definition) is 5. The van der Waals surface area contributed by atoms with Crippen LogP contribution >= 0.6 is 35.1 Å². The summed E-state index contributed by atoms with van der Waals surface area (Å²) in [6, 6.07) is 6.16. The molecule has 2 aromatic heterocycles. The summed E-state index contributed by atoms with van der Waals surface area (Å²) in [6.45, 7) is 5.28. The van der Waals surface area contributed by atoms with E-state index in [-0.39, 0.29) is 24.6 Å². The SMILES string of the molecule is Cc1ccc(-c2sccc2NC(=O)OC2CN3CCC2CC3)s1.Cl. The molecule has 0 aromatic carbocycles. The third-order valence-electron chi connectivity index (χ3n) is 4.72. The molecule has 1 N–H and O–H groups in total. The van der Waals surface area contributed by atoms with E-state index < -0.39 is 0 Å². The van der Waals surface area contributed by atoms with Gasteiger partial charge in [0, 0.05) is 16.3 Å². The summed E-state index contributed by atoms with van der Waals surface area (Å²) >= 11 is 3.39. The number of amides is 1. The number of ether oxygens (including phenoxy) is 1. The molecule has 24 heavy (non-hydrogen) atoms. The molecular weight excluding hydrogens is 364 g/mol. The second kappa shape index (κ2) is 7.44. The lowest BCUT2D eigenvalue weighted by molar-refractivity contribution is -0.0289. The Bertz CT molecular complexity index is 707. The number of thiophene rings is 2. The predicted octanol–water partition coefficient (Wildman–Crippen LogP) is 4.85. The van der Waals surface area contributed by atoms with Gasteiger partial charge in [-0.25, -0.2) is 4.79 Å². The third kappa shape index (κ3) is 3.61. The zero-order valence-electron chi connectivity index (χ0n) is 13.5. The van der Waals surface area contributed by atoms with E-state index in [1.54, 1.807) is 22.7 Å². The van der Waals surface area contributed by atoms with E-state index in [2.05, 4.69) is 29.3 Å². The number of halogens is 1. The molecular formula is C17H21ClN2O2S2. The first kappa shape index (κ1) is 17.7. The first-order valence-corrected chi connectivity index (χ1v) is 9.73. The van der Waals surface area contributed by atoms with E-state index in [1.165, 1.54) is 9.75 Å². The Labute approximate surface area is 156 Å². The number of aryl methyl sites for hydroxylation is 1. The maximum absolute atomic E-state index is 12.3. The fraction of sp³-hybridized carbons (Fsp3) is 0.471. The van der Waals surface area contributed by atoms with Gasteiger partial charge in [0.05, 0.1) is 10.6 Å². The minimum Gasteiger partial charge on any atom is -0.444 e. The van der Waals surface area contributed by atoms with Crippen molar-refractivity contribution >= 4 is 46.9 Å². The van der Waals surface area contributed by atoms with E-state index in [0.29, 0.717) is 5.92 Å². The average Bonchev–Trinajstić information content (AvgIpc) is 3.17. The lowest BCUT2D eigenvalue weighted by atomic mass is 9.86. The Balaban J connectivity index is 0.00000169. The fourth-order valence-corrected chi connectivity index (χ4v) is 5.34. The van der Waals surface area contributed by atoms with Gasteiger partial charge >= 0.3 is 6.09 Å². The van der Waals surface area contributed by atoms with Crippen molar-refractivity contribution in [1.29, 1.82) is 0 Å². The molecule has 0 radical (unpaired) electrons. The summed E-state index contributed by atoms with van der Waals surface area (Å²) < 4.78 is 5.71. The molecule has 1 amide bonds. The molecule has 2 aromatic rings. The van der Waals surface area contributed by atoms with Crippen LogP contribution in [0.4, 0.5) is 10.5 Å². The molecule has 4 nitrogen and oxygen atoms in total. The highest BCUT2D eigenvalue weighted by Crippen LogP contribution is 2.38. The van der Waals surface area contributed by atoms with Crippen LogP contribution in [0.15, 0.2) is 23.6 Å². The van der Waals surface area contributed by atoms with Crippen LogP contribution in [0.5, 0.6) is 0 Å². The first-order chi connectivity index (χ1) is 11.2. The number of nitrogens with zero attached hydrogens (tertiary/aromatic N) is 1. The monoisotopic (exact) mass is 384 g/mol. The standard InChI is InChI=1S/C17H20N2O2S2.ClH/c1-11-2-3-15(23-11)16-13(6-9-22-16)18-17(20)21-14-10-19-7-4-12(14)5-8-19;/h2-3,6,9,12,14H,4-5,7-8,10H2,1H3,(H,18,20);1H. The second-order valence-electron chi connectivity index (χ2n) is 6.28. The number of hydrogen-bond donors (Lipinski definition) is 1. The Kier molecular flexibility index (Phi) is 5.49. The summed E-state index contributed by atoms with van der Waals surface area (Å²) in [5.74, 6) is 0.535. The van der Waals surface area contributed by atoms with Gasteiger partial charge in [0.15, 0.2) is 0 Å². The van der Waals surface area contributed by atoms with E-state index >= 15 is 0 Å². The molecule has 0 spiro atoms. The van der Waals surface area contributed by atoms with E-state index in [1.807, 2.05) is 11.4 Å². The summed E-state index contributed by atoms with van der Waals surface area (Å²) in [4.78, 5) is 18.3. The van der Waals surface area contributed by atoms with Gasteiger partial charge in [-0.2, -0.15) is 0 Å². The molecule has 7 heteroatoms. The minimum absolute atomic E-state index is 0. The number of piperidine rings is 3. The van der Waals surface area contributed by atoms with Crippen LogP contribution in [0.3, 0.4) is 0 Å². The lowest BCUT2D eigenvalue weighted by Gasteiger charge is -2.43. The topological polar surface area (TPSA) is 41.6 Å². The minimum atomic E-state index is -0.323. The highest BCUT2D eigenvalue weighted by atomic mass is 35.5. The Morgan fingerprint density at radius 1 is 1.29 bits per heavy atom. The molecule has 130 valence electrons. The number of carbonyl (C=O) groups is 1. The molecule has 3 aliphatic heterocycles. The number of carbonyl (C=O) groups excluding carboxylic acids is 1. The van der Waals surface area contributed by atoms with Crippen molar-refractivity contribution in [2.75, 3.05) is 25.0 Å². The molecule has 0 saturated carbocycles. The molecule has 3 aliphatic rings. The lowest BCUT2D eigenvalue weighted by Crippen LogP contribution is -2.52. The molecule has 1 unspecified atom stereocenters. The van der Waals surface area contributed by atoms with E-state index in [4.69, 9.17) is 4.74 Å². The molecule has 3 saturated heterocycles. The number of fused-ring (bicyclic) bond motifs is 3. The summed E-state index contributed by atoms with van der Waals surface area (Å²) in [5.41, 5.74) is 0.850. The van der Waals surface area contributed by atoms with Gasteiger partial charge in [-0.05, 0) is 62.4 Å². The molecule has 3 fully saturated rings. The van der Waals surface area contributed by atoms with Crippen LogP contribution in [0, 0.1) is 12.8 Å². The van der Waals surface area contributed by atoms with Crippen LogP contribution in [0.1, 0.15) is 17.7 Å². The number of nitrogens with one attached hydrogen (secondary N) is 1. The summed E-state index contributed by atoms with van der Waals surface area (Å²) in [5, 5.41) is 4.95. The fourth-order valence-electron chi connectivity index (χ4n) is 3.48. The smallest absolute Gasteiger partial charge is 0.411 e. The average molecular weight is 385 g/mol. The highest BCUT2D eigenvalue weighted by Gasteiger charge is 2.36. The van der Waals surface area contributed by atoms with Gasteiger partial charge in [0.1, 0.15) is 6.10 Å². The van der Waals surface area contributed by atoms with Gasteiger partial charge in [-0.1, -0.05) is 0 Å². The van der Waals surface area contributed by atoms with Crippen molar-refractivity contribution in [1.82, 2.24) is 4.90 Å². The van der Waals surface area contributed by atoms with Crippen molar-refractivity contribution in [3.05, 3.63) is 28.5 Å². The van der Waals surface area contributed by atoms with Gasteiger partial charge in [0.2, 0.25) is 0 Å². The van der Waals surface area contributed by atoms with Crippen LogP contribution in [0.25, 0.3) is 9.75 Å². The van der Waals surface area contributed by atoms with Crippen molar-refractivity contribution in [3.8, 4) is 9.75 Å². The molecule has 5 heterocycles.